The number of halogens is 2. The Bertz CT molecular complexity index is 696. The van der Waals surface area contributed by atoms with Crippen LogP contribution in [0.5, 0.6) is 5.75 Å². The van der Waals surface area contributed by atoms with Gasteiger partial charge in [0.2, 0.25) is 10.0 Å². The van der Waals surface area contributed by atoms with Gasteiger partial charge in [0.1, 0.15) is 5.75 Å². The fraction of sp³-hybridized carbons (Fsp3) is 0.600. The van der Waals surface area contributed by atoms with Crippen LogP contribution in [-0.4, -0.2) is 49.3 Å². The zero-order valence-electron chi connectivity index (χ0n) is 12.6. The highest BCUT2D eigenvalue weighted by Gasteiger charge is 2.33. The highest BCUT2D eigenvalue weighted by Crippen LogP contribution is 2.41. The zero-order valence-corrected chi connectivity index (χ0v) is 15.0. The maximum Gasteiger partial charge on any atom is 0.214 e. The minimum Gasteiger partial charge on any atom is -0.508 e. The van der Waals surface area contributed by atoms with E-state index in [1.165, 1.54) is 0 Å². The van der Waals surface area contributed by atoms with Crippen LogP contribution in [0.2, 0.25) is 10.0 Å². The van der Waals surface area contributed by atoms with Crippen molar-refractivity contribution in [3.8, 4) is 5.75 Å². The van der Waals surface area contributed by atoms with E-state index >= 15 is 0 Å². The molecule has 0 radical (unpaired) electrons. The first-order chi connectivity index (χ1) is 10.9. The topological polar surface area (TPSA) is 69.6 Å². The monoisotopic (exact) mass is 378 g/mol. The third-order valence-electron chi connectivity index (χ3n) is 4.64. The molecule has 2 aliphatic heterocycles. The van der Waals surface area contributed by atoms with Gasteiger partial charge in [-0.3, -0.25) is 0 Å². The first-order valence-electron chi connectivity index (χ1n) is 7.76. The lowest BCUT2D eigenvalue weighted by atomic mass is 9.85. The molecule has 2 atom stereocenters. The Balaban J connectivity index is 1.75. The molecule has 2 aliphatic rings. The number of phenolic OH excluding ortho intramolecular Hbond substituents is 1. The molecule has 2 N–H and O–H groups in total. The normalized spacial score (nSPS) is 28.1. The molecule has 0 bridgehead atoms. The lowest BCUT2D eigenvalue weighted by Gasteiger charge is -2.33. The standard InChI is InChI=1S/C15H20Cl2N2O3S/c16-12-2-3-13(20)14(15(12)17)10-4-5-18-11(8-10)9-19-6-1-7-23(19,21)22/h2-3,10-11,18,20H,1,4-9H2. The molecule has 23 heavy (non-hydrogen) atoms. The molecule has 1 aromatic carbocycles. The molecule has 3 rings (SSSR count). The van der Waals surface area contributed by atoms with Crippen molar-refractivity contribution in [1.29, 1.82) is 0 Å². The molecule has 8 heteroatoms. The summed E-state index contributed by atoms with van der Waals surface area (Å²) in [5.74, 6) is 0.459. The van der Waals surface area contributed by atoms with Gasteiger partial charge in [-0.15, -0.1) is 0 Å². The fourth-order valence-corrected chi connectivity index (χ4v) is 5.54. The molecular weight excluding hydrogens is 359 g/mol. The van der Waals surface area contributed by atoms with Gasteiger partial charge < -0.3 is 10.4 Å². The van der Waals surface area contributed by atoms with Crippen LogP contribution in [0.3, 0.4) is 0 Å². The van der Waals surface area contributed by atoms with Crippen LogP contribution in [0.15, 0.2) is 12.1 Å². The van der Waals surface area contributed by atoms with Crippen LogP contribution in [-0.2, 0) is 10.0 Å². The van der Waals surface area contributed by atoms with Crippen LogP contribution in [0.1, 0.15) is 30.7 Å². The second-order valence-electron chi connectivity index (χ2n) is 6.19. The molecule has 0 amide bonds. The highest BCUT2D eigenvalue weighted by molar-refractivity contribution is 7.89. The summed E-state index contributed by atoms with van der Waals surface area (Å²) in [6, 6.07) is 3.19. The number of phenols is 1. The summed E-state index contributed by atoms with van der Waals surface area (Å²) in [5.41, 5.74) is 0.676. The number of piperidine rings is 1. The second-order valence-corrected chi connectivity index (χ2v) is 9.07. The molecule has 0 spiro atoms. The molecular formula is C15H20Cl2N2O3S. The molecule has 0 aromatic heterocycles. The van der Waals surface area contributed by atoms with Crippen molar-refractivity contribution < 1.29 is 13.5 Å². The smallest absolute Gasteiger partial charge is 0.214 e. The summed E-state index contributed by atoms with van der Waals surface area (Å²) in [4.78, 5) is 0. The van der Waals surface area contributed by atoms with Gasteiger partial charge in [-0.25, -0.2) is 12.7 Å². The van der Waals surface area contributed by atoms with E-state index in [1.807, 2.05) is 0 Å². The lowest BCUT2D eigenvalue weighted by Crippen LogP contribution is -2.45. The minimum absolute atomic E-state index is 0.0519. The average Bonchev–Trinajstić information content (AvgIpc) is 2.83. The Labute approximate surface area is 146 Å². The Morgan fingerprint density at radius 3 is 2.83 bits per heavy atom. The third kappa shape index (κ3) is 3.61. The van der Waals surface area contributed by atoms with Gasteiger partial charge in [-0.05, 0) is 43.9 Å². The summed E-state index contributed by atoms with van der Waals surface area (Å²) in [7, 11) is -3.09. The first kappa shape index (κ1) is 17.3. The van der Waals surface area contributed by atoms with Crippen LogP contribution in [0, 0.1) is 0 Å². The zero-order chi connectivity index (χ0) is 16.6. The lowest BCUT2D eigenvalue weighted by molar-refractivity contribution is 0.300. The molecule has 2 heterocycles. The number of hydrogen-bond acceptors (Lipinski definition) is 4. The molecule has 128 valence electrons. The largest absolute Gasteiger partial charge is 0.508 e. The molecule has 1 aromatic rings. The van der Waals surface area contributed by atoms with Gasteiger partial charge in [0, 0.05) is 24.7 Å². The van der Waals surface area contributed by atoms with Crippen molar-refractivity contribution in [3.63, 3.8) is 0 Å². The van der Waals surface area contributed by atoms with Crippen molar-refractivity contribution in [2.24, 2.45) is 0 Å². The summed E-state index contributed by atoms with van der Waals surface area (Å²) in [5, 5.41) is 14.3. The Morgan fingerprint density at radius 1 is 1.35 bits per heavy atom. The molecule has 2 unspecified atom stereocenters. The van der Waals surface area contributed by atoms with Gasteiger partial charge in [0.05, 0.1) is 15.8 Å². The van der Waals surface area contributed by atoms with Crippen LogP contribution >= 0.6 is 23.2 Å². The maximum absolute atomic E-state index is 12.0. The fourth-order valence-electron chi connectivity index (χ4n) is 3.49. The molecule has 2 saturated heterocycles. The number of rotatable bonds is 3. The minimum atomic E-state index is -3.09. The Hall–Kier alpha value is -0.530. The number of aromatic hydroxyl groups is 1. The first-order valence-corrected chi connectivity index (χ1v) is 10.1. The van der Waals surface area contributed by atoms with E-state index < -0.39 is 10.0 Å². The van der Waals surface area contributed by atoms with Crippen LogP contribution in [0.25, 0.3) is 0 Å². The van der Waals surface area contributed by atoms with Gasteiger partial charge in [0.25, 0.3) is 0 Å². The molecule has 0 aliphatic carbocycles. The van der Waals surface area contributed by atoms with Gasteiger partial charge in [-0.1, -0.05) is 23.2 Å². The van der Waals surface area contributed by atoms with Crippen molar-refractivity contribution in [2.75, 3.05) is 25.4 Å². The van der Waals surface area contributed by atoms with Crippen LogP contribution in [0.4, 0.5) is 0 Å². The van der Waals surface area contributed by atoms with Crippen molar-refractivity contribution in [1.82, 2.24) is 9.62 Å². The number of hydrogen-bond donors (Lipinski definition) is 2. The summed E-state index contributed by atoms with van der Waals surface area (Å²) in [6.07, 6.45) is 2.25. The number of sulfonamides is 1. The maximum atomic E-state index is 12.0. The number of benzene rings is 1. The van der Waals surface area contributed by atoms with E-state index in [2.05, 4.69) is 5.32 Å². The summed E-state index contributed by atoms with van der Waals surface area (Å²) in [6.45, 7) is 1.82. The van der Waals surface area contributed by atoms with Gasteiger partial charge in [-0.2, -0.15) is 0 Å². The summed E-state index contributed by atoms with van der Waals surface area (Å²) >= 11 is 12.3. The predicted molar refractivity (Wildman–Crippen MR) is 91.9 cm³/mol. The Kier molecular flexibility index (Phi) is 5.09. The van der Waals surface area contributed by atoms with Crippen LogP contribution < -0.4 is 5.32 Å². The van der Waals surface area contributed by atoms with Gasteiger partial charge >= 0.3 is 0 Å². The van der Waals surface area contributed by atoms with Gasteiger partial charge in [0.15, 0.2) is 0 Å². The molecule has 5 nitrogen and oxygen atoms in total. The number of nitrogens with zero attached hydrogens (tertiary/aromatic N) is 1. The van der Waals surface area contributed by atoms with E-state index in [-0.39, 0.29) is 23.5 Å². The highest BCUT2D eigenvalue weighted by atomic mass is 35.5. The number of nitrogens with one attached hydrogen (secondary N) is 1. The second kappa shape index (κ2) is 6.76. The third-order valence-corrected chi connectivity index (χ3v) is 7.38. The predicted octanol–water partition coefficient (Wildman–Crippen LogP) is 2.57. The SMILES string of the molecule is O=S1(=O)CCCN1CC1CC(c2c(O)ccc(Cl)c2Cl)CCN1. The van der Waals surface area contributed by atoms with E-state index in [0.29, 0.717) is 35.1 Å². The van der Waals surface area contributed by atoms with Crippen molar-refractivity contribution in [2.45, 2.75) is 31.2 Å². The molecule has 2 fully saturated rings. The van der Waals surface area contributed by atoms with E-state index in [4.69, 9.17) is 23.2 Å². The average molecular weight is 379 g/mol. The van der Waals surface area contributed by atoms with E-state index in [0.717, 1.165) is 19.4 Å². The Morgan fingerprint density at radius 2 is 2.13 bits per heavy atom. The quantitative estimate of drug-likeness (QED) is 0.847. The molecule has 0 saturated carbocycles. The van der Waals surface area contributed by atoms with Crippen molar-refractivity contribution >= 4 is 33.2 Å². The van der Waals surface area contributed by atoms with E-state index in [9.17, 15) is 13.5 Å². The van der Waals surface area contributed by atoms with E-state index in [1.54, 1.807) is 16.4 Å². The van der Waals surface area contributed by atoms with Crippen molar-refractivity contribution in [3.05, 3.63) is 27.7 Å². The summed E-state index contributed by atoms with van der Waals surface area (Å²) < 4.78 is 25.5.